The van der Waals surface area contributed by atoms with Crippen molar-refractivity contribution >= 4 is 11.8 Å². The Kier molecular flexibility index (Phi) is 11.4. The molecule has 1 aliphatic rings. The second kappa shape index (κ2) is 14.0. The van der Waals surface area contributed by atoms with Crippen molar-refractivity contribution in [1.82, 2.24) is 25.5 Å². The van der Waals surface area contributed by atoms with Gasteiger partial charge in [0.25, 0.3) is 5.56 Å². The number of aryl methyl sites for hydroxylation is 1. The fourth-order valence-corrected chi connectivity index (χ4v) is 3.81. The maximum Gasteiger partial charge on any atom is 0.328 e. The third kappa shape index (κ3) is 8.05. The lowest BCUT2D eigenvalue weighted by Gasteiger charge is -2.15. The summed E-state index contributed by atoms with van der Waals surface area (Å²) in [6, 6.07) is 0. The van der Waals surface area contributed by atoms with Crippen molar-refractivity contribution in [2.24, 2.45) is 0 Å². The summed E-state index contributed by atoms with van der Waals surface area (Å²) in [6.45, 7) is 3.27. The van der Waals surface area contributed by atoms with Gasteiger partial charge < -0.3 is 30.9 Å². The van der Waals surface area contributed by atoms with E-state index in [9.17, 15) is 29.4 Å². The molecule has 0 spiro atoms. The quantitative estimate of drug-likeness (QED) is 0.174. The fraction of sp³-hybridized carbons (Fsp3) is 0.727. The van der Waals surface area contributed by atoms with E-state index in [0.29, 0.717) is 19.4 Å². The summed E-state index contributed by atoms with van der Waals surface area (Å²) in [7, 11) is 1.89. The molecule has 1 aromatic rings. The number of unbranched alkanes of at least 4 members (excludes halogenated alkanes) is 2. The van der Waals surface area contributed by atoms with Crippen LogP contribution in [-0.2, 0) is 20.9 Å². The molecule has 6 N–H and O–H groups in total. The van der Waals surface area contributed by atoms with Crippen LogP contribution in [0.15, 0.2) is 15.8 Å². The first-order chi connectivity index (χ1) is 16.3. The number of aromatic nitrogens is 2. The molecule has 2 amide bonds. The van der Waals surface area contributed by atoms with Gasteiger partial charge >= 0.3 is 5.69 Å². The molecule has 1 fully saturated rings. The van der Waals surface area contributed by atoms with E-state index in [1.54, 1.807) is 6.92 Å². The molecule has 0 bridgehead atoms. The molecule has 2 rings (SSSR count). The van der Waals surface area contributed by atoms with Crippen molar-refractivity contribution in [2.45, 2.75) is 76.4 Å². The van der Waals surface area contributed by atoms with Crippen molar-refractivity contribution in [3.05, 3.63) is 32.6 Å². The van der Waals surface area contributed by atoms with Crippen LogP contribution in [0.1, 0.15) is 57.1 Å². The zero-order chi connectivity index (χ0) is 25.1. The van der Waals surface area contributed by atoms with Gasteiger partial charge in [-0.05, 0) is 32.9 Å². The highest BCUT2D eigenvalue weighted by Gasteiger charge is 2.43. The Balaban J connectivity index is 1.78. The number of aliphatic hydroxyl groups is 2. The number of rotatable bonds is 14. The Morgan fingerprint density at radius 3 is 2.32 bits per heavy atom. The molecule has 1 saturated heterocycles. The Morgan fingerprint density at radius 2 is 1.71 bits per heavy atom. The molecule has 0 radical (unpaired) electrons. The predicted molar refractivity (Wildman–Crippen MR) is 124 cm³/mol. The average Bonchev–Trinajstić information content (AvgIpc) is 3.09. The molecule has 34 heavy (non-hydrogen) atoms. The van der Waals surface area contributed by atoms with Crippen LogP contribution in [0.3, 0.4) is 0 Å². The van der Waals surface area contributed by atoms with E-state index in [2.05, 4.69) is 20.9 Å². The first-order valence-corrected chi connectivity index (χ1v) is 11.8. The van der Waals surface area contributed by atoms with Gasteiger partial charge in [-0.3, -0.25) is 23.9 Å². The van der Waals surface area contributed by atoms with E-state index in [1.807, 2.05) is 7.05 Å². The number of hydrogen-bond acceptors (Lipinski definition) is 8. The van der Waals surface area contributed by atoms with Crippen LogP contribution in [-0.4, -0.2) is 76.6 Å². The number of ether oxygens (including phenoxy) is 1. The minimum atomic E-state index is -1.30. The third-order valence-corrected chi connectivity index (χ3v) is 5.79. The van der Waals surface area contributed by atoms with Gasteiger partial charge in [-0.1, -0.05) is 13.3 Å². The van der Waals surface area contributed by atoms with Crippen LogP contribution in [0.2, 0.25) is 0 Å². The predicted octanol–water partition coefficient (Wildman–Crippen LogP) is -1.49. The molecule has 4 unspecified atom stereocenters. The Morgan fingerprint density at radius 1 is 1.03 bits per heavy atom. The lowest BCUT2D eigenvalue weighted by molar-refractivity contribution is -0.123. The molecule has 0 aromatic carbocycles. The van der Waals surface area contributed by atoms with Crippen LogP contribution in [0, 0.1) is 0 Å². The Hall–Kier alpha value is -2.54. The maximum atomic E-state index is 12.2. The number of hydrogen-bond donors (Lipinski definition) is 6. The SMILES string of the molecule is CCC1OC(c2cn(CCC(=O)NCCNC(=O)CCCCCNC)c(=O)[nH]c2=O)C(O)C1O. The molecule has 1 aliphatic heterocycles. The van der Waals surface area contributed by atoms with E-state index in [-0.39, 0.29) is 36.9 Å². The molecule has 0 aliphatic carbocycles. The van der Waals surface area contributed by atoms with Crippen molar-refractivity contribution in [3.63, 3.8) is 0 Å². The Labute approximate surface area is 198 Å². The molecule has 192 valence electrons. The van der Waals surface area contributed by atoms with Gasteiger partial charge in [0.05, 0.1) is 11.7 Å². The monoisotopic (exact) mass is 483 g/mol. The number of carbonyl (C=O) groups is 2. The van der Waals surface area contributed by atoms with Crippen molar-refractivity contribution < 1.29 is 24.5 Å². The van der Waals surface area contributed by atoms with E-state index >= 15 is 0 Å². The number of nitrogens with zero attached hydrogens (tertiary/aromatic N) is 1. The summed E-state index contributed by atoms with van der Waals surface area (Å²) in [5.74, 6) is -0.377. The van der Waals surface area contributed by atoms with Gasteiger partial charge in [0.1, 0.15) is 18.3 Å². The highest BCUT2D eigenvalue weighted by molar-refractivity contribution is 5.77. The first kappa shape index (κ1) is 27.7. The minimum Gasteiger partial charge on any atom is -0.388 e. The molecule has 4 atom stereocenters. The van der Waals surface area contributed by atoms with E-state index < -0.39 is 35.7 Å². The number of amides is 2. The smallest absolute Gasteiger partial charge is 0.328 e. The number of nitrogens with one attached hydrogen (secondary N) is 4. The normalized spacial score (nSPS) is 22.0. The molecule has 12 nitrogen and oxygen atoms in total. The highest BCUT2D eigenvalue weighted by Crippen LogP contribution is 2.32. The zero-order valence-corrected chi connectivity index (χ0v) is 19.8. The van der Waals surface area contributed by atoms with E-state index in [4.69, 9.17) is 4.74 Å². The van der Waals surface area contributed by atoms with Crippen LogP contribution in [0.25, 0.3) is 0 Å². The average molecular weight is 484 g/mol. The summed E-state index contributed by atoms with van der Waals surface area (Å²) in [4.78, 5) is 50.4. The second-order valence-electron chi connectivity index (χ2n) is 8.39. The number of carbonyl (C=O) groups excluding carboxylic acids is 2. The highest BCUT2D eigenvalue weighted by atomic mass is 16.5. The zero-order valence-electron chi connectivity index (χ0n) is 19.8. The van der Waals surface area contributed by atoms with Crippen molar-refractivity contribution in [1.29, 1.82) is 0 Å². The van der Waals surface area contributed by atoms with Crippen molar-refractivity contribution in [2.75, 3.05) is 26.7 Å². The summed E-state index contributed by atoms with van der Waals surface area (Å²) in [5.41, 5.74) is -1.39. The van der Waals surface area contributed by atoms with Crippen LogP contribution in [0.4, 0.5) is 0 Å². The summed E-state index contributed by atoms with van der Waals surface area (Å²) in [5, 5.41) is 28.8. The standard InChI is InChI=1S/C22H37N5O7/c1-3-15-18(30)19(31)20(34-15)14-13-27(22(33)26-21(14)32)12-8-17(29)25-11-10-24-16(28)7-5-4-6-9-23-2/h13,15,18-20,23,30-31H,3-12H2,1-2H3,(H,24,28)(H,25,29)(H,26,32,33). The van der Waals surface area contributed by atoms with Crippen LogP contribution < -0.4 is 27.2 Å². The third-order valence-electron chi connectivity index (χ3n) is 5.79. The van der Waals surface area contributed by atoms with Crippen LogP contribution >= 0.6 is 0 Å². The van der Waals surface area contributed by atoms with Gasteiger partial charge in [0, 0.05) is 38.7 Å². The molecule has 2 heterocycles. The molecule has 0 saturated carbocycles. The molecular weight excluding hydrogens is 446 g/mol. The molecule has 1 aromatic heterocycles. The number of aliphatic hydroxyl groups excluding tert-OH is 2. The summed E-state index contributed by atoms with van der Waals surface area (Å²) < 4.78 is 6.76. The molecular formula is C22H37N5O7. The second-order valence-corrected chi connectivity index (χ2v) is 8.39. The van der Waals surface area contributed by atoms with Gasteiger partial charge in [-0.15, -0.1) is 0 Å². The van der Waals surface area contributed by atoms with Gasteiger partial charge in [-0.25, -0.2) is 4.79 Å². The topological polar surface area (TPSA) is 175 Å². The van der Waals surface area contributed by atoms with Crippen molar-refractivity contribution in [3.8, 4) is 0 Å². The lowest BCUT2D eigenvalue weighted by atomic mass is 10.0. The lowest BCUT2D eigenvalue weighted by Crippen LogP contribution is -2.37. The largest absolute Gasteiger partial charge is 0.388 e. The summed E-state index contributed by atoms with van der Waals surface area (Å²) >= 11 is 0. The summed E-state index contributed by atoms with van der Waals surface area (Å²) in [6.07, 6.45) is 0.801. The van der Waals surface area contributed by atoms with Gasteiger partial charge in [0.2, 0.25) is 11.8 Å². The first-order valence-electron chi connectivity index (χ1n) is 11.8. The maximum absolute atomic E-state index is 12.2. The van der Waals surface area contributed by atoms with E-state index in [0.717, 1.165) is 30.4 Å². The van der Waals surface area contributed by atoms with Crippen LogP contribution in [0.5, 0.6) is 0 Å². The van der Waals surface area contributed by atoms with E-state index in [1.165, 1.54) is 6.20 Å². The fourth-order valence-electron chi connectivity index (χ4n) is 3.81. The number of aromatic amines is 1. The minimum absolute atomic E-state index is 0.00397. The number of H-pyrrole nitrogens is 1. The Bertz CT molecular complexity index is 916. The van der Waals surface area contributed by atoms with Gasteiger partial charge in [-0.2, -0.15) is 0 Å². The molecule has 12 heteroatoms. The van der Waals surface area contributed by atoms with Gasteiger partial charge in [0.15, 0.2) is 0 Å².